The summed E-state index contributed by atoms with van der Waals surface area (Å²) in [7, 11) is 0. The van der Waals surface area contributed by atoms with Gasteiger partial charge in [0.05, 0.1) is 22.0 Å². The third-order valence-electron chi connectivity index (χ3n) is 2.67. The summed E-state index contributed by atoms with van der Waals surface area (Å²) in [6.07, 6.45) is 0. The molecule has 0 amide bonds. The van der Waals surface area contributed by atoms with Crippen molar-refractivity contribution in [3.8, 4) is 0 Å². The number of rotatable bonds is 3. The van der Waals surface area contributed by atoms with E-state index in [0.717, 1.165) is 4.70 Å². The van der Waals surface area contributed by atoms with Gasteiger partial charge in [-0.3, -0.25) is 13.5 Å². The maximum Gasteiger partial charge on any atom is 0.310 e. The van der Waals surface area contributed by atoms with Crippen LogP contribution in [0.1, 0.15) is 13.8 Å². The summed E-state index contributed by atoms with van der Waals surface area (Å²) in [4.78, 5) is 23.1. The van der Waals surface area contributed by atoms with Gasteiger partial charge < -0.3 is 5.11 Å². The van der Waals surface area contributed by atoms with Crippen molar-refractivity contribution in [3.05, 3.63) is 34.6 Å². The highest BCUT2D eigenvalue weighted by Crippen LogP contribution is 2.22. The van der Waals surface area contributed by atoms with Crippen LogP contribution in [0, 0.1) is 5.41 Å². The molecule has 1 aromatic heterocycles. The van der Waals surface area contributed by atoms with E-state index in [4.69, 9.17) is 5.11 Å². The predicted octanol–water partition coefficient (Wildman–Crippen LogP) is 2.17. The molecule has 0 atom stereocenters. The number of carbonyl (C=O) groups is 1. The van der Waals surface area contributed by atoms with Gasteiger partial charge in [0.15, 0.2) is 0 Å². The molecule has 0 bridgehead atoms. The van der Waals surface area contributed by atoms with Crippen molar-refractivity contribution in [2.24, 2.45) is 5.41 Å². The summed E-state index contributed by atoms with van der Waals surface area (Å²) in [5, 5.41) is 9.71. The molecule has 0 saturated carbocycles. The van der Waals surface area contributed by atoms with E-state index in [1.807, 2.05) is 18.2 Å². The zero-order chi connectivity index (χ0) is 12.6. The van der Waals surface area contributed by atoms with Crippen LogP contribution in [-0.2, 0) is 11.3 Å². The minimum absolute atomic E-state index is 0.111. The molecule has 0 radical (unpaired) electrons. The van der Waals surface area contributed by atoms with Crippen LogP contribution in [0.15, 0.2) is 29.1 Å². The van der Waals surface area contributed by atoms with Crippen molar-refractivity contribution in [3.63, 3.8) is 0 Å². The molecular formula is C12H13NO3S. The zero-order valence-electron chi connectivity index (χ0n) is 9.64. The first kappa shape index (κ1) is 11.9. The number of carboxylic acids is 1. The predicted molar refractivity (Wildman–Crippen MR) is 67.5 cm³/mol. The van der Waals surface area contributed by atoms with E-state index in [1.165, 1.54) is 15.5 Å². The smallest absolute Gasteiger partial charge is 0.310 e. The van der Waals surface area contributed by atoms with Crippen LogP contribution < -0.4 is 5.56 Å². The lowest BCUT2D eigenvalue weighted by molar-refractivity contribution is -0.147. The standard InChI is InChI=1S/C12H13NO3S/c1-12(2,11(15)16)7-13-10(14)8-5-3-4-6-9(8)17-13/h3-6H,7H2,1-2H3,(H,15,16). The van der Waals surface area contributed by atoms with E-state index in [0.29, 0.717) is 5.39 Å². The largest absolute Gasteiger partial charge is 0.481 e. The molecule has 90 valence electrons. The number of aromatic nitrogens is 1. The maximum absolute atomic E-state index is 12.0. The Morgan fingerprint density at radius 2 is 2.06 bits per heavy atom. The normalized spacial score (nSPS) is 11.9. The van der Waals surface area contributed by atoms with Crippen LogP contribution in [-0.4, -0.2) is 15.0 Å². The van der Waals surface area contributed by atoms with Gasteiger partial charge in [-0.25, -0.2) is 0 Å². The van der Waals surface area contributed by atoms with E-state index in [-0.39, 0.29) is 12.1 Å². The van der Waals surface area contributed by atoms with Crippen LogP contribution >= 0.6 is 11.5 Å². The molecule has 0 saturated heterocycles. The molecule has 0 fully saturated rings. The van der Waals surface area contributed by atoms with Crippen LogP contribution in [0.5, 0.6) is 0 Å². The quantitative estimate of drug-likeness (QED) is 0.909. The van der Waals surface area contributed by atoms with Gasteiger partial charge in [-0.1, -0.05) is 23.7 Å². The Kier molecular flexibility index (Phi) is 2.79. The third-order valence-corrected chi connectivity index (χ3v) is 3.74. The maximum atomic E-state index is 12.0. The average molecular weight is 251 g/mol. The third kappa shape index (κ3) is 2.10. The van der Waals surface area contributed by atoms with Crippen LogP contribution in [0.25, 0.3) is 10.1 Å². The SMILES string of the molecule is CC(C)(Cn1sc2ccccc2c1=O)C(=O)O. The lowest BCUT2D eigenvalue weighted by Gasteiger charge is -2.18. The van der Waals surface area contributed by atoms with Gasteiger partial charge in [-0.15, -0.1) is 0 Å². The molecule has 17 heavy (non-hydrogen) atoms. The molecule has 0 spiro atoms. The Morgan fingerprint density at radius 1 is 1.41 bits per heavy atom. The molecule has 0 unspecified atom stereocenters. The molecular weight excluding hydrogens is 238 g/mol. The van der Waals surface area contributed by atoms with Gasteiger partial charge >= 0.3 is 5.97 Å². The molecule has 0 aliphatic heterocycles. The molecule has 2 aromatic rings. The fraction of sp³-hybridized carbons (Fsp3) is 0.333. The van der Waals surface area contributed by atoms with Crippen molar-refractivity contribution in [1.29, 1.82) is 0 Å². The topological polar surface area (TPSA) is 59.3 Å². The van der Waals surface area contributed by atoms with Gasteiger partial charge in [0.1, 0.15) is 0 Å². The van der Waals surface area contributed by atoms with E-state index in [9.17, 15) is 9.59 Å². The second kappa shape index (κ2) is 4.00. The number of hydrogen-bond donors (Lipinski definition) is 1. The Bertz CT molecular complexity index is 624. The van der Waals surface area contributed by atoms with Crippen molar-refractivity contribution in [2.45, 2.75) is 20.4 Å². The minimum atomic E-state index is -0.940. The summed E-state index contributed by atoms with van der Waals surface area (Å²) in [6.45, 7) is 3.43. The van der Waals surface area contributed by atoms with Crippen molar-refractivity contribution < 1.29 is 9.90 Å². The van der Waals surface area contributed by atoms with Crippen molar-refractivity contribution in [1.82, 2.24) is 3.96 Å². The minimum Gasteiger partial charge on any atom is -0.481 e. The van der Waals surface area contributed by atoms with Gasteiger partial charge in [0, 0.05) is 0 Å². The number of benzene rings is 1. The van der Waals surface area contributed by atoms with Crippen LogP contribution in [0.2, 0.25) is 0 Å². The Morgan fingerprint density at radius 3 is 2.65 bits per heavy atom. The Hall–Kier alpha value is -1.62. The molecule has 1 aromatic carbocycles. The number of aliphatic carboxylic acids is 1. The first-order valence-electron chi connectivity index (χ1n) is 5.24. The summed E-state index contributed by atoms with van der Waals surface area (Å²) < 4.78 is 2.40. The Balaban J connectivity index is 2.47. The highest BCUT2D eigenvalue weighted by atomic mass is 32.1. The van der Waals surface area contributed by atoms with Crippen LogP contribution in [0.3, 0.4) is 0 Å². The second-order valence-electron chi connectivity index (χ2n) is 4.62. The van der Waals surface area contributed by atoms with E-state index >= 15 is 0 Å². The molecule has 0 aliphatic carbocycles. The van der Waals surface area contributed by atoms with E-state index in [1.54, 1.807) is 19.9 Å². The number of carboxylic acid groups (broad SMARTS) is 1. The van der Waals surface area contributed by atoms with E-state index < -0.39 is 11.4 Å². The molecule has 5 heteroatoms. The van der Waals surface area contributed by atoms with Crippen LogP contribution in [0.4, 0.5) is 0 Å². The highest BCUT2D eigenvalue weighted by Gasteiger charge is 2.28. The van der Waals surface area contributed by atoms with Gasteiger partial charge in [-0.2, -0.15) is 0 Å². The second-order valence-corrected chi connectivity index (χ2v) is 5.68. The zero-order valence-corrected chi connectivity index (χ0v) is 10.5. The first-order valence-corrected chi connectivity index (χ1v) is 6.01. The molecule has 1 N–H and O–H groups in total. The first-order chi connectivity index (χ1) is 7.92. The monoisotopic (exact) mass is 251 g/mol. The lowest BCUT2D eigenvalue weighted by Crippen LogP contribution is -2.31. The molecule has 4 nitrogen and oxygen atoms in total. The summed E-state index contributed by atoms with van der Waals surface area (Å²) in [5.74, 6) is -0.901. The van der Waals surface area contributed by atoms with E-state index in [2.05, 4.69) is 0 Å². The lowest BCUT2D eigenvalue weighted by atomic mass is 9.94. The molecule has 2 rings (SSSR count). The Labute approximate surface area is 102 Å². The van der Waals surface area contributed by atoms with Crippen molar-refractivity contribution >= 4 is 27.6 Å². The van der Waals surface area contributed by atoms with Crippen molar-refractivity contribution in [2.75, 3.05) is 0 Å². The molecule has 1 heterocycles. The fourth-order valence-electron chi connectivity index (χ4n) is 1.55. The molecule has 0 aliphatic rings. The number of nitrogens with zero attached hydrogens (tertiary/aromatic N) is 1. The summed E-state index contributed by atoms with van der Waals surface area (Å²) in [5.41, 5.74) is -1.05. The highest BCUT2D eigenvalue weighted by molar-refractivity contribution is 7.13. The van der Waals surface area contributed by atoms with Gasteiger partial charge in [-0.05, 0) is 26.0 Å². The summed E-state index contributed by atoms with van der Waals surface area (Å²) >= 11 is 1.31. The van der Waals surface area contributed by atoms with Gasteiger partial charge in [0.2, 0.25) is 0 Å². The van der Waals surface area contributed by atoms with Gasteiger partial charge in [0.25, 0.3) is 5.56 Å². The fourth-order valence-corrected chi connectivity index (χ4v) is 2.75. The number of hydrogen-bond acceptors (Lipinski definition) is 3. The average Bonchev–Trinajstić information content (AvgIpc) is 2.56. The number of fused-ring (bicyclic) bond motifs is 1. The summed E-state index contributed by atoms with van der Waals surface area (Å²) in [6, 6.07) is 7.30.